The van der Waals surface area contributed by atoms with E-state index in [0.717, 1.165) is 6.54 Å². The van der Waals surface area contributed by atoms with Crippen molar-refractivity contribution in [3.8, 4) is 0 Å². The summed E-state index contributed by atoms with van der Waals surface area (Å²) < 4.78 is 0. The lowest BCUT2D eigenvalue weighted by molar-refractivity contribution is -0.127. The Balaban J connectivity index is -0.0000000449. The Morgan fingerprint density at radius 3 is 0.767 bits per heavy atom. The number of hydrogen-bond acceptors (Lipinski definition) is 4. The SMILES string of the molecule is C.C.C.CC.CCC.CCC.CCC(C)=O.CCNC(=O)CC(C)=O.CCNC(C)=O.c1ccccc1.c1ccccc1. The molecule has 0 atom stereocenters. The van der Waals surface area contributed by atoms with Crippen molar-refractivity contribution < 1.29 is 19.2 Å². The van der Waals surface area contributed by atoms with Gasteiger partial charge >= 0.3 is 0 Å². The van der Waals surface area contributed by atoms with E-state index < -0.39 is 0 Å². The highest BCUT2D eigenvalue weighted by atomic mass is 16.2. The van der Waals surface area contributed by atoms with Crippen molar-refractivity contribution in [2.24, 2.45) is 0 Å². The molecule has 43 heavy (non-hydrogen) atoms. The summed E-state index contributed by atoms with van der Waals surface area (Å²) in [6.45, 7) is 23.9. The molecule has 2 aromatic carbocycles. The molecule has 0 aliphatic rings. The lowest BCUT2D eigenvalue weighted by Gasteiger charge is -1.96. The van der Waals surface area contributed by atoms with E-state index in [2.05, 4.69) is 38.3 Å². The van der Waals surface area contributed by atoms with Gasteiger partial charge in [0.25, 0.3) is 0 Å². The predicted octanol–water partition coefficient (Wildman–Crippen LogP) is 10.4. The first-order valence-corrected chi connectivity index (χ1v) is 14.5. The van der Waals surface area contributed by atoms with Crippen LogP contribution in [0.25, 0.3) is 0 Å². The highest BCUT2D eigenvalue weighted by molar-refractivity contribution is 5.96. The summed E-state index contributed by atoms with van der Waals surface area (Å²) in [5.74, 6) is 0.00782. The Hall–Kier alpha value is -3.28. The van der Waals surface area contributed by atoms with Gasteiger partial charge < -0.3 is 15.4 Å². The fourth-order valence-electron chi connectivity index (χ4n) is 1.50. The van der Waals surface area contributed by atoms with Crippen molar-refractivity contribution in [2.45, 2.75) is 131 Å². The van der Waals surface area contributed by atoms with Gasteiger partial charge in [-0.05, 0) is 27.7 Å². The topological polar surface area (TPSA) is 92.3 Å². The molecule has 0 heterocycles. The van der Waals surface area contributed by atoms with Crippen LogP contribution < -0.4 is 10.6 Å². The highest BCUT2D eigenvalue weighted by Gasteiger charge is 2.00. The number of ketones is 2. The second-order valence-electron chi connectivity index (χ2n) is 7.70. The van der Waals surface area contributed by atoms with Crippen LogP contribution in [0.3, 0.4) is 0 Å². The predicted molar refractivity (Wildman–Crippen MR) is 196 cm³/mol. The van der Waals surface area contributed by atoms with Crippen LogP contribution in [0.1, 0.15) is 131 Å². The molecule has 0 saturated carbocycles. The molecule has 256 valence electrons. The monoisotopic (exact) mass is 611 g/mol. The summed E-state index contributed by atoms with van der Waals surface area (Å²) in [6.07, 6.45) is 3.17. The van der Waals surface area contributed by atoms with Gasteiger partial charge in [-0.15, -0.1) is 0 Å². The maximum Gasteiger partial charge on any atom is 0.227 e. The number of Topliss-reactive ketones (excluding diaryl/α,β-unsaturated/α-hetero) is 2. The summed E-state index contributed by atoms with van der Waals surface area (Å²) in [4.78, 5) is 40.5. The number of nitrogens with one attached hydrogen (secondary N) is 2. The molecule has 6 heteroatoms. The van der Waals surface area contributed by atoms with E-state index in [-0.39, 0.29) is 52.1 Å². The van der Waals surface area contributed by atoms with Crippen LogP contribution in [0.2, 0.25) is 0 Å². The third kappa shape index (κ3) is 122. The van der Waals surface area contributed by atoms with Crippen molar-refractivity contribution in [3.63, 3.8) is 0 Å². The largest absolute Gasteiger partial charge is 0.357 e. The summed E-state index contributed by atoms with van der Waals surface area (Å²) >= 11 is 0. The van der Waals surface area contributed by atoms with Crippen LogP contribution in [-0.2, 0) is 19.2 Å². The van der Waals surface area contributed by atoms with Crippen LogP contribution >= 0.6 is 0 Å². The Labute approximate surface area is 269 Å². The first kappa shape index (κ1) is 63.1. The number of rotatable bonds is 5. The Morgan fingerprint density at radius 1 is 0.465 bits per heavy atom. The molecule has 6 nitrogen and oxygen atoms in total. The zero-order chi connectivity index (χ0) is 32.5. The third-order valence-corrected chi connectivity index (χ3v) is 3.04. The van der Waals surface area contributed by atoms with Crippen molar-refractivity contribution in [1.82, 2.24) is 10.6 Å². The molecule has 0 fully saturated rings. The van der Waals surface area contributed by atoms with E-state index in [1.807, 2.05) is 107 Å². The maximum atomic E-state index is 10.5. The molecule has 0 aliphatic heterocycles. The number of amides is 2. The number of carbonyl (C=O) groups excluding carboxylic acids is 4. The molecule has 0 saturated heterocycles. The van der Waals surface area contributed by atoms with Crippen LogP contribution in [0.5, 0.6) is 0 Å². The molecular formula is C37H74N2O4. The minimum absolute atomic E-state index is 0. The van der Waals surface area contributed by atoms with Gasteiger partial charge in [-0.3, -0.25) is 14.4 Å². The van der Waals surface area contributed by atoms with E-state index in [1.165, 1.54) is 26.7 Å². The van der Waals surface area contributed by atoms with E-state index in [1.54, 1.807) is 6.92 Å². The van der Waals surface area contributed by atoms with Crippen molar-refractivity contribution in [1.29, 1.82) is 0 Å². The zero-order valence-corrected chi connectivity index (χ0v) is 27.8. The van der Waals surface area contributed by atoms with Crippen LogP contribution in [-0.4, -0.2) is 36.5 Å². The smallest absolute Gasteiger partial charge is 0.227 e. The van der Waals surface area contributed by atoms with E-state index in [4.69, 9.17) is 0 Å². The second-order valence-corrected chi connectivity index (χ2v) is 7.70. The van der Waals surface area contributed by atoms with Crippen LogP contribution in [0, 0.1) is 0 Å². The molecule has 0 aliphatic carbocycles. The lowest BCUT2D eigenvalue weighted by Crippen LogP contribution is -2.24. The normalized spacial score (nSPS) is 6.98. The average molecular weight is 611 g/mol. The quantitative estimate of drug-likeness (QED) is 0.329. The van der Waals surface area contributed by atoms with E-state index >= 15 is 0 Å². The average Bonchev–Trinajstić information content (AvgIpc) is 2.94. The third-order valence-electron chi connectivity index (χ3n) is 3.04. The Morgan fingerprint density at radius 2 is 0.674 bits per heavy atom. The summed E-state index contributed by atoms with van der Waals surface area (Å²) in [5.41, 5.74) is 0. The van der Waals surface area contributed by atoms with Crippen molar-refractivity contribution in [2.75, 3.05) is 13.1 Å². The molecule has 0 aromatic heterocycles. The van der Waals surface area contributed by atoms with E-state index in [9.17, 15) is 19.2 Å². The van der Waals surface area contributed by atoms with Gasteiger partial charge in [-0.25, -0.2) is 0 Å². The minimum atomic E-state index is -0.190. The first-order valence-electron chi connectivity index (χ1n) is 14.5. The molecule has 0 radical (unpaired) electrons. The Bertz CT molecular complexity index is 635. The molecule has 0 spiro atoms. The summed E-state index contributed by atoms with van der Waals surface area (Å²) in [7, 11) is 0. The van der Waals surface area contributed by atoms with E-state index in [0.29, 0.717) is 13.0 Å². The van der Waals surface area contributed by atoms with Crippen molar-refractivity contribution in [3.05, 3.63) is 72.8 Å². The minimum Gasteiger partial charge on any atom is -0.357 e. The molecule has 0 bridgehead atoms. The molecule has 2 aromatic rings. The molecule has 2 amide bonds. The Kier molecular flexibility index (Phi) is 98.0. The van der Waals surface area contributed by atoms with Gasteiger partial charge in [-0.2, -0.15) is 0 Å². The van der Waals surface area contributed by atoms with Gasteiger partial charge in [0, 0.05) is 26.4 Å². The second kappa shape index (κ2) is 66.8. The number of hydrogen-bond donors (Lipinski definition) is 2. The number of benzene rings is 2. The molecular weight excluding hydrogens is 536 g/mol. The van der Waals surface area contributed by atoms with Gasteiger partial charge in [-0.1, -0.05) is 156 Å². The maximum absolute atomic E-state index is 10.5. The first-order chi connectivity index (χ1) is 19.0. The standard InChI is InChI=1S/C6H11NO2.2C6H6.C4H9NO.C4H8O.2C3H8.C2H6.3CH4/c1-3-7-6(9)4-5(2)8;2*1-2-4-6-5-3-1;1-3-5-4(2)6;1-3-4(2)5;2*1-3-2;1-2;;;/h3-4H2,1-2H3,(H,7,9);2*1-6H;3H2,1-2H3,(H,5,6);3H2,1-2H3;2*3H2,1-2H3;1-2H3;3*1H4. The van der Waals surface area contributed by atoms with Gasteiger partial charge in [0.05, 0.1) is 6.42 Å². The zero-order valence-electron chi connectivity index (χ0n) is 27.8. The van der Waals surface area contributed by atoms with Crippen LogP contribution in [0.15, 0.2) is 72.8 Å². The molecule has 2 rings (SSSR count). The lowest BCUT2D eigenvalue weighted by atomic mass is 10.3. The van der Waals surface area contributed by atoms with Crippen molar-refractivity contribution >= 4 is 23.4 Å². The molecule has 0 unspecified atom stereocenters. The summed E-state index contributed by atoms with van der Waals surface area (Å²) in [6, 6.07) is 24.0. The van der Waals surface area contributed by atoms with Gasteiger partial charge in [0.1, 0.15) is 11.6 Å². The summed E-state index contributed by atoms with van der Waals surface area (Å²) in [5, 5.41) is 5.09. The highest BCUT2D eigenvalue weighted by Crippen LogP contribution is 1.81. The van der Waals surface area contributed by atoms with Crippen LogP contribution in [0.4, 0.5) is 0 Å². The van der Waals surface area contributed by atoms with Gasteiger partial charge in [0.2, 0.25) is 11.8 Å². The fraction of sp³-hybridized carbons (Fsp3) is 0.568. The fourth-order valence-corrected chi connectivity index (χ4v) is 1.50. The number of carbonyl (C=O) groups is 4. The van der Waals surface area contributed by atoms with Gasteiger partial charge in [0.15, 0.2) is 0 Å². The molecule has 2 N–H and O–H groups in total.